The smallest absolute Gasteiger partial charge is 0.276 e. The highest BCUT2D eigenvalue weighted by molar-refractivity contribution is 14.1. The first-order valence-electron chi connectivity index (χ1n) is 10.3. The first-order valence-corrected chi connectivity index (χ1v) is 11.8. The normalized spacial score (nSPS) is 14.8. The van der Waals surface area contributed by atoms with E-state index in [4.69, 9.17) is 21.7 Å². The van der Waals surface area contributed by atoms with Gasteiger partial charge in [-0.2, -0.15) is 0 Å². The Morgan fingerprint density at radius 3 is 2.72 bits per heavy atom. The van der Waals surface area contributed by atoms with Gasteiger partial charge in [0.05, 0.1) is 10.7 Å². The van der Waals surface area contributed by atoms with Crippen molar-refractivity contribution in [3.05, 3.63) is 75.0 Å². The highest BCUT2D eigenvalue weighted by Gasteiger charge is 2.29. The number of nitrogens with one attached hydrogen (secondary N) is 1. The van der Waals surface area contributed by atoms with Crippen molar-refractivity contribution >= 4 is 62.7 Å². The Morgan fingerprint density at radius 1 is 1.16 bits per heavy atom. The van der Waals surface area contributed by atoms with Crippen LogP contribution in [0.15, 0.2) is 60.3 Å². The predicted molar refractivity (Wildman–Crippen MR) is 140 cm³/mol. The molecule has 32 heavy (non-hydrogen) atoms. The molecule has 0 radical (unpaired) electrons. The maximum Gasteiger partial charge on any atom is 0.276 e. The number of fused-ring (bicyclic) bond motifs is 1. The first-order chi connectivity index (χ1) is 15.5. The summed E-state index contributed by atoms with van der Waals surface area (Å²) in [6.45, 7) is 3.04. The predicted octanol–water partition coefficient (Wildman–Crippen LogP) is 5.50. The van der Waals surface area contributed by atoms with E-state index >= 15 is 0 Å². The van der Waals surface area contributed by atoms with Crippen molar-refractivity contribution in [2.75, 3.05) is 13.7 Å². The number of rotatable bonds is 7. The van der Waals surface area contributed by atoms with E-state index in [1.165, 1.54) is 10.8 Å². The summed E-state index contributed by atoms with van der Waals surface area (Å²) in [5.41, 5.74) is 2.41. The molecule has 4 rings (SSSR count). The number of carbonyl (C=O) groups excluding carboxylic acids is 1. The van der Waals surface area contributed by atoms with Gasteiger partial charge >= 0.3 is 0 Å². The van der Waals surface area contributed by atoms with E-state index in [1.54, 1.807) is 18.1 Å². The Hall–Kier alpha value is -2.65. The van der Waals surface area contributed by atoms with Crippen LogP contribution >= 0.6 is 34.8 Å². The number of methoxy groups -OCH3 is 1. The molecule has 1 fully saturated rings. The molecular weight excluding hydrogens is 535 g/mol. The van der Waals surface area contributed by atoms with Gasteiger partial charge in [-0.1, -0.05) is 49.4 Å². The summed E-state index contributed by atoms with van der Waals surface area (Å²) in [5, 5.41) is 5.81. The molecule has 0 atom stereocenters. The summed E-state index contributed by atoms with van der Waals surface area (Å²) in [5.74, 6) is 1.18. The summed E-state index contributed by atoms with van der Waals surface area (Å²) in [6, 6.07) is 18.3. The van der Waals surface area contributed by atoms with Gasteiger partial charge in [-0.3, -0.25) is 9.69 Å². The van der Waals surface area contributed by atoms with E-state index < -0.39 is 0 Å². The highest BCUT2D eigenvalue weighted by Crippen LogP contribution is 2.36. The average Bonchev–Trinajstić information content (AvgIpc) is 3.05. The zero-order valence-electron chi connectivity index (χ0n) is 17.9. The van der Waals surface area contributed by atoms with Crippen LogP contribution in [0.1, 0.15) is 24.5 Å². The quantitative estimate of drug-likeness (QED) is 0.236. The summed E-state index contributed by atoms with van der Waals surface area (Å²) in [4.78, 5) is 14.2. The lowest BCUT2D eigenvalue weighted by molar-refractivity contribution is -0.122. The van der Waals surface area contributed by atoms with Gasteiger partial charge in [0.2, 0.25) is 0 Å². The fourth-order valence-corrected chi connectivity index (χ4v) is 4.76. The van der Waals surface area contributed by atoms with Crippen LogP contribution in [-0.4, -0.2) is 29.6 Å². The van der Waals surface area contributed by atoms with Gasteiger partial charge in [-0.15, -0.1) is 0 Å². The van der Waals surface area contributed by atoms with Gasteiger partial charge in [0.1, 0.15) is 12.3 Å². The van der Waals surface area contributed by atoms with E-state index in [0.717, 1.165) is 21.1 Å². The minimum absolute atomic E-state index is 0.109. The molecule has 5 nitrogen and oxygen atoms in total. The maximum absolute atomic E-state index is 12.6. The van der Waals surface area contributed by atoms with Crippen LogP contribution in [0.5, 0.6) is 11.5 Å². The SMILES string of the molecule is CCCN1C(=O)/C(=C/c2cc(I)c(OCc3cccc4ccccc34)c(OC)c2)NC1=S. The molecule has 0 unspecified atom stereocenters. The minimum Gasteiger partial charge on any atom is -0.493 e. The van der Waals surface area contributed by atoms with Crippen LogP contribution in [0.25, 0.3) is 16.8 Å². The molecule has 0 bridgehead atoms. The van der Waals surface area contributed by atoms with E-state index in [1.807, 2.05) is 37.3 Å². The number of benzene rings is 3. The lowest BCUT2D eigenvalue weighted by Gasteiger charge is -2.15. The molecule has 0 aliphatic carbocycles. The Balaban J connectivity index is 1.59. The molecule has 1 aliphatic heterocycles. The number of amides is 1. The second kappa shape index (κ2) is 9.87. The number of hydrogen-bond donors (Lipinski definition) is 1. The van der Waals surface area contributed by atoms with Crippen molar-refractivity contribution in [2.45, 2.75) is 20.0 Å². The third-order valence-electron chi connectivity index (χ3n) is 5.22. The standard InChI is InChI=1S/C25H23IN2O3S/c1-3-11-28-24(29)21(27-25(28)32)13-16-12-20(26)23(22(14-16)30-2)31-15-18-9-6-8-17-7-4-5-10-19(17)18/h4-10,12-14H,3,11,15H2,1-2H3,(H,27,32)/b21-13-. The van der Waals surface area contributed by atoms with Crippen molar-refractivity contribution in [3.63, 3.8) is 0 Å². The molecule has 1 aliphatic rings. The van der Waals surface area contributed by atoms with E-state index in [2.05, 4.69) is 52.2 Å². The molecule has 164 valence electrons. The second-order valence-electron chi connectivity index (χ2n) is 7.41. The Labute approximate surface area is 206 Å². The molecule has 1 heterocycles. The molecular formula is C25H23IN2O3S. The van der Waals surface area contributed by atoms with Gasteiger partial charge < -0.3 is 14.8 Å². The molecule has 3 aromatic rings. The zero-order chi connectivity index (χ0) is 22.7. The van der Waals surface area contributed by atoms with E-state index in [-0.39, 0.29) is 5.91 Å². The molecule has 0 aromatic heterocycles. The van der Waals surface area contributed by atoms with Crippen molar-refractivity contribution in [1.82, 2.24) is 10.2 Å². The lowest BCUT2D eigenvalue weighted by Crippen LogP contribution is -2.31. The molecule has 0 spiro atoms. The molecule has 7 heteroatoms. The summed E-state index contributed by atoms with van der Waals surface area (Å²) < 4.78 is 12.7. The van der Waals surface area contributed by atoms with E-state index in [0.29, 0.717) is 35.5 Å². The van der Waals surface area contributed by atoms with Gasteiger partial charge in [-0.25, -0.2) is 0 Å². The highest BCUT2D eigenvalue weighted by atomic mass is 127. The molecule has 3 aromatic carbocycles. The number of carbonyl (C=O) groups is 1. The van der Waals surface area contributed by atoms with Crippen molar-refractivity contribution in [3.8, 4) is 11.5 Å². The van der Waals surface area contributed by atoms with Crippen molar-refractivity contribution in [2.24, 2.45) is 0 Å². The Morgan fingerprint density at radius 2 is 1.94 bits per heavy atom. The Bertz CT molecular complexity index is 1220. The summed E-state index contributed by atoms with van der Waals surface area (Å²) >= 11 is 7.53. The largest absolute Gasteiger partial charge is 0.493 e. The molecule has 1 N–H and O–H groups in total. The van der Waals surface area contributed by atoms with Crippen LogP contribution in [-0.2, 0) is 11.4 Å². The number of ether oxygens (including phenoxy) is 2. The lowest BCUT2D eigenvalue weighted by atomic mass is 10.1. The first kappa shape index (κ1) is 22.5. The summed E-state index contributed by atoms with van der Waals surface area (Å²) in [7, 11) is 1.62. The topological polar surface area (TPSA) is 50.8 Å². The Kier molecular flexibility index (Phi) is 6.95. The third-order valence-corrected chi connectivity index (χ3v) is 6.35. The number of nitrogens with zero attached hydrogens (tertiary/aromatic N) is 1. The van der Waals surface area contributed by atoms with Gasteiger partial charge in [0.15, 0.2) is 16.6 Å². The van der Waals surface area contributed by atoms with Crippen LogP contribution in [0.3, 0.4) is 0 Å². The van der Waals surface area contributed by atoms with Crippen LogP contribution in [0.4, 0.5) is 0 Å². The van der Waals surface area contributed by atoms with Crippen LogP contribution in [0, 0.1) is 3.57 Å². The molecule has 0 saturated carbocycles. The molecule has 1 saturated heterocycles. The minimum atomic E-state index is -0.109. The van der Waals surface area contributed by atoms with Crippen molar-refractivity contribution in [1.29, 1.82) is 0 Å². The maximum atomic E-state index is 12.6. The van der Waals surface area contributed by atoms with E-state index in [9.17, 15) is 4.79 Å². The number of halogens is 1. The van der Waals surface area contributed by atoms with Gasteiger partial charge in [0.25, 0.3) is 5.91 Å². The monoisotopic (exact) mass is 558 g/mol. The number of hydrogen-bond acceptors (Lipinski definition) is 4. The average molecular weight is 558 g/mol. The van der Waals surface area contributed by atoms with Gasteiger partial charge in [-0.05, 0) is 81.3 Å². The van der Waals surface area contributed by atoms with Gasteiger partial charge in [0, 0.05) is 6.54 Å². The second-order valence-corrected chi connectivity index (χ2v) is 8.95. The van der Waals surface area contributed by atoms with Crippen molar-refractivity contribution < 1.29 is 14.3 Å². The van der Waals surface area contributed by atoms with Crippen LogP contribution < -0.4 is 14.8 Å². The fourth-order valence-electron chi connectivity index (χ4n) is 3.70. The third kappa shape index (κ3) is 4.59. The zero-order valence-corrected chi connectivity index (χ0v) is 20.8. The van der Waals surface area contributed by atoms with Crippen LogP contribution in [0.2, 0.25) is 0 Å². The summed E-state index contributed by atoms with van der Waals surface area (Å²) in [6.07, 6.45) is 2.64. The fraction of sp³-hybridized carbons (Fsp3) is 0.200. The molecule has 1 amide bonds. The number of thiocarbonyl (C=S) groups is 1.